The second kappa shape index (κ2) is 5.60. The van der Waals surface area contributed by atoms with Crippen molar-refractivity contribution < 1.29 is 4.74 Å². The lowest BCUT2D eigenvalue weighted by atomic mass is 10.1. The van der Waals surface area contributed by atoms with Gasteiger partial charge in [-0.25, -0.2) is 0 Å². The van der Waals surface area contributed by atoms with E-state index >= 15 is 0 Å². The van der Waals surface area contributed by atoms with E-state index in [-0.39, 0.29) is 6.04 Å². The number of nitrogens with zero attached hydrogens (tertiary/aromatic N) is 2. The van der Waals surface area contributed by atoms with Gasteiger partial charge in [-0.1, -0.05) is 6.07 Å². The lowest BCUT2D eigenvalue weighted by Gasteiger charge is -2.13. The van der Waals surface area contributed by atoms with Crippen molar-refractivity contribution in [3.8, 4) is 5.75 Å². The Labute approximate surface area is 107 Å². The smallest absolute Gasteiger partial charge is 0.137 e. The van der Waals surface area contributed by atoms with Crippen molar-refractivity contribution in [1.82, 2.24) is 9.97 Å². The molecule has 18 heavy (non-hydrogen) atoms. The van der Waals surface area contributed by atoms with Crippen molar-refractivity contribution in [3.63, 3.8) is 0 Å². The molecular weight excluding hydrogens is 226 g/mol. The van der Waals surface area contributed by atoms with Crippen molar-refractivity contribution in [3.05, 3.63) is 53.6 Å². The molecule has 0 aliphatic rings. The lowest BCUT2D eigenvalue weighted by Crippen LogP contribution is -2.14. The largest absolute Gasteiger partial charge is 0.492 e. The van der Waals surface area contributed by atoms with E-state index in [9.17, 15) is 0 Å². The Morgan fingerprint density at radius 2 is 2.17 bits per heavy atom. The zero-order valence-corrected chi connectivity index (χ0v) is 10.6. The topological polar surface area (TPSA) is 61.0 Å². The van der Waals surface area contributed by atoms with Gasteiger partial charge in [-0.05, 0) is 37.6 Å². The summed E-state index contributed by atoms with van der Waals surface area (Å²) in [6, 6.07) is 7.45. The number of ether oxygens (including phenoxy) is 1. The molecule has 0 amide bonds. The minimum absolute atomic E-state index is 0.280. The maximum Gasteiger partial charge on any atom is 0.137 e. The summed E-state index contributed by atoms with van der Waals surface area (Å²) in [5.74, 6) is 0.734. The van der Waals surface area contributed by atoms with Crippen LogP contribution < -0.4 is 10.5 Å². The van der Waals surface area contributed by atoms with Gasteiger partial charge in [-0.3, -0.25) is 9.97 Å². The third kappa shape index (κ3) is 2.84. The lowest BCUT2D eigenvalue weighted by molar-refractivity contribution is 0.338. The predicted octanol–water partition coefficient (Wildman–Crippen LogP) is 2.23. The molecule has 0 radical (unpaired) electrons. The average Bonchev–Trinajstić information content (AvgIpc) is 2.39. The van der Waals surface area contributed by atoms with E-state index < -0.39 is 0 Å². The van der Waals surface area contributed by atoms with E-state index in [1.807, 2.05) is 38.1 Å². The molecule has 2 rings (SSSR count). The van der Waals surface area contributed by atoms with Gasteiger partial charge in [-0.2, -0.15) is 0 Å². The van der Waals surface area contributed by atoms with Crippen LogP contribution in [0.15, 0.2) is 36.7 Å². The fraction of sp³-hybridized carbons (Fsp3) is 0.286. The Kier molecular flexibility index (Phi) is 3.89. The van der Waals surface area contributed by atoms with Gasteiger partial charge in [0.15, 0.2) is 0 Å². The Balaban J connectivity index is 2.27. The number of aryl methyl sites for hydroxylation is 1. The summed E-state index contributed by atoms with van der Waals surface area (Å²) in [5.41, 5.74) is 8.89. The van der Waals surface area contributed by atoms with Gasteiger partial charge in [0.05, 0.1) is 24.5 Å². The Bertz CT molecular complexity index is 528. The molecule has 0 bridgehead atoms. The molecule has 2 aromatic heterocycles. The first-order valence-electron chi connectivity index (χ1n) is 5.97. The van der Waals surface area contributed by atoms with Gasteiger partial charge < -0.3 is 10.5 Å². The minimum Gasteiger partial charge on any atom is -0.492 e. The molecule has 0 aromatic carbocycles. The van der Waals surface area contributed by atoms with Crippen LogP contribution in [0.1, 0.15) is 29.9 Å². The van der Waals surface area contributed by atoms with Crippen LogP contribution >= 0.6 is 0 Å². The van der Waals surface area contributed by atoms with Crippen LogP contribution in [0.3, 0.4) is 0 Å². The van der Waals surface area contributed by atoms with E-state index in [4.69, 9.17) is 10.5 Å². The van der Waals surface area contributed by atoms with Crippen LogP contribution in [0.25, 0.3) is 0 Å². The zero-order valence-electron chi connectivity index (χ0n) is 10.6. The minimum atomic E-state index is -0.280. The van der Waals surface area contributed by atoms with E-state index in [1.54, 1.807) is 12.4 Å². The molecule has 2 heterocycles. The van der Waals surface area contributed by atoms with Gasteiger partial charge >= 0.3 is 0 Å². The van der Waals surface area contributed by atoms with Crippen LogP contribution in [0.5, 0.6) is 5.75 Å². The molecule has 4 heteroatoms. The molecule has 2 aromatic rings. The summed E-state index contributed by atoms with van der Waals surface area (Å²) in [5, 5.41) is 0. The molecule has 0 aliphatic carbocycles. The van der Waals surface area contributed by atoms with Crippen LogP contribution in [0, 0.1) is 6.92 Å². The van der Waals surface area contributed by atoms with Gasteiger partial charge in [0.25, 0.3) is 0 Å². The number of pyridine rings is 2. The third-order valence-electron chi connectivity index (χ3n) is 2.63. The highest BCUT2D eigenvalue weighted by atomic mass is 16.5. The van der Waals surface area contributed by atoms with Gasteiger partial charge in [0.2, 0.25) is 0 Å². The van der Waals surface area contributed by atoms with E-state index in [0.29, 0.717) is 6.61 Å². The Morgan fingerprint density at radius 3 is 2.89 bits per heavy atom. The number of aromatic nitrogens is 2. The fourth-order valence-electron chi connectivity index (χ4n) is 1.76. The average molecular weight is 243 g/mol. The number of hydrogen-bond acceptors (Lipinski definition) is 4. The molecule has 0 aliphatic heterocycles. The summed E-state index contributed by atoms with van der Waals surface area (Å²) < 4.78 is 5.42. The molecule has 2 N–H and O–H groups in total. The van der Waals surface area contributed by atoms with E-state index in [2.05, 4.69) is 9.97 Å². The van der Waals surface area contributed by atoms with Crippen LogP contribution in [-0.2, 0) is 0 Å². The first kappa shape index (κ1) is 12.5. The maximum atomic E-state index is 6.19. The SMILES string of the molecule is CCOc1cncc(C(N)c2cccc(C)n2)c1. The van der Waals surface area contributed by atoms with Crippen LogP contribution in [-0.4, -0.2) is 16.6 Å². The van der Waals surface area contributed by atoms with Crippen LogP contribution in [0.4, 0.5) is 0 Å². The Morgan fingerprint density at radius 1 is 1.33 bits per heavy atom. The molecule has 1 unspecified atom stereocenters. The predicted molar refractivity (Wildman–Crippen MR) is 70.4 cm³/mol. The summed E-state index contributed by atoms with van der Waals surface area (Å²) in [6.45, 7) is 4.50. The highest BCUT2D eigenvalue weighted by Gasteiger charge is 2.11. The molecule has 0 saturated carbocycles. The molecule has 4 nitrogen and oxygen atoms in total. The number of nitrogens with two attached hydrogens (primary N) is 1. The molecule has 1 atom stereocenters. The first-order valence-corrected chi connectivity index (χ1v) is 5.97. The van der Waals surface area contributed by atoms with Crippen molar-refractivity contribution >= 4 is 0 Å². The molecule has 0 spiro atoms. The van der Waals surface area contributed by atoms with Gasteiger partial charge in [-0.15, -0.1) is 0 Å². The summed E-state index contributed by atoms with van der Waals surface area (Å²) in [7, 11) is 0. The summed E-state index contributed by atoms with van der Waals surface area (Å²) in [6.07, 6.45) is 3.43. The third-order valence-corrected chi connectivity index (χ3v) is 2.63. The van der Waals surface area contributed by atoms with Crippen molar-refractivity contribution in [2.75, 3.05) is 6.61 Å². The van der Waals surface area contributed by atoms with E-state index in [1.165, 1.54) is 0 Å². The quantitative estimate of drug-likeness (QED) is 0.894. The Hall–Kier alpha value is -1.94. The van der Waals surface area contributed by atoms with Crippen LogP contribution in [0.2, 0.25) is 0 Å². The molecule has 0 saturated heterocycles. The fourth-order valence-corrected chi connectivity index (χ4v) is 1.76. The second-order valence-corrected chi connectivity index (χ2v) is 4.07. The highest BCUT2D eigenvalue weighted by Crippen LogP contribution is 2.21. The monoisotopic (exact) mass is 243 g/mol. The molecule has 94 valence electrons. The first-order chi connectivity index (χ1) is 8.70. The number of hydrogen-bond donors (Lipinski definition) is 1. The molecular formula is C14H17N3O. The normalized spacial score (nSPS) is 12.2. The van der Waals surface area contributed by atoms with Gasteiger partial charge in [0.1, 0.15) is 5.75 Å². The second-order valence-electron chi connectivity index (χ2n) is 4.07. The van der Waals surface area contributed by atoms with Crippen molar-refractivity contribution in [2.24, 2.45) is 5.73 Å². The summed E-state index contributed by atoms with van der Waals surface area (Å²) >= 11 is 0. The van der Waals surface area contributed by atoms with Crippen molar-refractivity contribution in [2.45, 2.75) is 19.9 Å². The van der Waals surface area contributed by atoms with Crippen molar-refractivity contribution in [1.29, 1.82) is 0 Å². The zero-order chi connectivity index (χ0) is 13.0. The summed E-state index contributed by atoms with van der Waals surface area (Å²) in [4.78, 5) is 8.57. The number of rotatable bonds is 4. The van der Waals surface area contributed by atoms with Gasteiger partial charge in [0, 0.05) is 11.9 Å². The standard InChI is InChI=1S/C14H17N3O/c1-3-18-12-7-11(8-16-9-12)14(15)13-6-4-5-10(2)17-13/h4-9,14H,3,15H2,1-2H3. The van der Waals surface area contributed by atoms with E-state index in [0.717, 1.165) is 22.7 Å². The maximum absolute atomic E-state index is 6.19. The molecule has 0 fully saturated rings. The highest BCUT2D eigenvalue weighted by molar-refractivity contribution is 5.31.